The van der Waals surface area contributed by atoms with E-state index in [0.717, 1.165) is 0 Å². The van der Waals surface area contributed by atoms with Crippen molar-refractivity contribution in [1.82, 2.24) is 0 Å². The van der Waals surface area contributed by atoms with Crippen molar-refractivity contribution in [2.45, 2.75) is 33.4 Å². The van der Waals surface area contributed by atoms with Gasteiger partial charge in [-0.3, -0.25) is 0 Å². The van der Waals surface area contributed by atoms with Crippen LogP contribution in [0.1, 0.15) is 20.3 Å². The fourth-order valence-electron chi connectivity index (χ4n) is 2.01. The quantitative estimate of drug-likeness (QED) is 0.535. The minimum absolute atomic E-state index is 0.614. The molecule has 0 saturated carbocycles. The number of rotatable bonds is 5. The molecule has 0 bridgehead atoms. The van der Waals surface area contributed by atoms with E-state index in [1.807, 2.05) is 6.08 Å². The minimum atomic E-state index is -1.48. The highest BCUT2D eigenvalue weighted by Crippen LogP contribution is 2.19. The molecule has 0 spiro atoms. The summed E-state index contributed by atoms with van der Waals surface area (Å²) in [7, 11) is -1.48. The third-order valence-electron chi connectivity index (χ3n) is 3.46. The molecule has 0 saturated heterocycles. The Hall–Kier alpha value is -1.08. The van der Waals surface area contributed by atoms with Gasteiger partial charge in [0.25, 0.3) is 0 Å². The van der Waals surface area contributed by atoms with Gasteiger partial charge in [0.1, 0.15) is 8.07 Å². The number of hydrogen-bond donors (Lipinski definition) is 0. The van der Waals surface area contributed by atoms with E-state index in [-0.39, 0.29) is 0 Å². The van der Waals surface area contributed by atoms with Crippen molar-refractivity contribution in [3.05, 3.63) is 54.3 Å². The molecule has 0 aromatic heterocycles. The van der Waals surface area contributed by atoms with Gasteiger partial charge in [-0.25, -0.2) is 0 Å². The van der Waals surface area contributed by atoms with Crippen LogP contribution in [0.25, 0.3) is 0 Å². The van der Waals surface area contributed by atoms with E-state index >= 15 is 0 Å². The van der Waals surface area contributed by atoms with Crippen molar-refractivity contribution in [2.75, 3.05) is 0 Å². The summed E-state index contributed by atoms with van der Waals surface area (Å²) in [5.41, 5.74) is 3.90. The standard InChI is InChI=1S/C16H24Si/c1-6-14(3)15(7-2)13-17(4,5)16-11-9-8-10-12-16/h7-14H,2,6H2,1,3-5H3/b15-13-/t14-/m0/s1. The molecule has 1 rings (SSSR count). The lowest BCUT2D eigenvalue weighted by Gasteiger charge is -2.22. The molecule has 0 N–H and O–H groups in total. The van der Waals surface area contributed by atoms with Crippen LogP contribution in [-0.2, 0) is 0 Å². The number of allylic oxidation sites excluding steroid dienone is 2. The van der Waals surface area contributed by atoms with Gasteiger partial charge in [0.2, 0.25) is 0 Å². The van der Waals surface area contributed by atoms with E-state index < -0.39 is 8.07 Å². The van der Waals surface area contributed by atoms with Gasteiger partial charge in [0.05, 0.1) is 0 Å². The van der Waals surface area contributed by atoms with Gasteiger partial charge >= 0.3 is 0 Å². The number of benzene rings is 1. The van der Waals surface area contributed by atoms with Crippen LogP contribution < -0.4 is 5.19 Å². The monoisotopic (exact) mass is 244 g/mol. The van der Waals surface area contributed by atoms with Crippen molar-refractivity contribution in [3.63, 3.8) is 0 Å². The molecule has 0 nitrogen and oxygen atoms in total. The highest BCUT2D eigenvalue weighted by molar-refractivity contribution is 6.94. The molecule has 0 heterocycles. The van der Waals surface area contributed by atoms with Gasteiger partial charge in [0, 0.05) is 0 Å². The van der Waals surface area contributed by atoms with E-state index in [2.05, 4.69) is 69.6 Å². The Balaban J connectivity index is 3.06. The van der Waals surface area contributed by atoms with Crippen LogP contribution in [0.5, 0.6) is 0 Å². The maximum absolute atomic E-state index is 3.96. The van der Waals surface area contributed by atoms with Gasteiger partial charge in [0.15, 0.2) is 0 Å². The molecule has 0 aliphatic heterocycles. The van der Waals surface area contributed by atoms with Crippen LogP contribution in [0.4, 0.5) is 0 Å². The second kappa shape index (κ2) is 6.01. The van der Waals surface area contributed by atoms with Crippen LogP contribution in [0.3, 0.4) is 0 Å². The molecule has 1 aromatic carbocycles. The maximum Gasteiger partial charge on any atom is 0.104 e. The van der Waals surface area contributed by atoms with Crippen LogP contribution in [0.2, 0.25) is 13.1 Å². The largest absolute Gasteiger partial charge is 0.104 e. The molecule has 92 valence electrons. The Labute approximate surface area is 107 Å². The van der Waals surface area contributed by atoms with Gasteiger partial charge in [-0.2, -0.15) is 0 Å². The molecule has 0 amide bonds. The van der Waals surface area contributed by atoms with Crippen molar-refractivity contribution in [1.29, 1.82) is 0 Å². The molecule has 0 aliphatic carbocycles. The van der Waals surface area contributed by atoms with Gasteiger partial charge in [-0.05, 0) is 12.3 Å². The molecule has 0 unspecified atom stereocenters. The fourth-order valence-corrected chi connectivity index (χ4v) is 4.46. The molecular formula is C16H24Si. The zero-order valence-corrected chi connectivity index (χ0v) is 12.5. The molecular weight excluding hydrogens is 220 g/mol. The second-order valence-electron chi connectivity index (χ2n) is 5.25. The molecule has 1 heteroatoms. The molecule has 1 aromatic rings. The first kappa shape index (κ1) is 14.0. The average molecular weight is 244 g/mol. The lowest BCUT2D eigenvalue weighted by atomic mass is 10.0. The van der Waals surface area contributed by atoms with Gasteiger partial charge in [-0.15, -0.1) is 0 Å². The Morgan fingerprint density at radius 1 is 1.29 bits per heavy atom. The van der Waals surface area contributed by atoms with Crippen molar-refractivity contribution in [3.8, 4) is 0 Å². The molecule has 0 fully saturated rings. The SMILES string of the molecule is C=C/C(=C/[Si](C)(C)c1ccccc1)[C@@H](C)CC. The average Bonchev–Trinajstić information content (AvgIpc) is 2.36. The summed E-state index contributed by atoms with van der Waals surface area (Å²) < 4.78 is 0. The lowest BCUT2D eigenvalue weighted by Crippen LogP contribution is -2.40. The Morgan fingerprint density at radius 2 is 1.88 bits per heavy atom. The second-order valence-corrected chi connectivity index (χ2v) is 9.55. The van der Waals surface area contributed by atoms with E-state index in [1.165, 1.54) is 17.2 Å². The Kier molecular flexibility index (Phi) is 4.95. The smallest absolute Gasteiger partial charge is 0.0988 e. The topological polar surface area (TPSA) is 0 Å². The maximum atomic E-state index is 3.96. The molecule has 17 heavy (non-hydrogen) atoms. The minimum Gasteiger partial charge on any atom is -0.0988 e. The molecule has 0 aliphatic rings. The van der Waals surface area contributed by atoms with E-state index in [4.69, 9.17) is 0 Å². The van der Waals surface area contributed by atoms with E-state index in [9.17, 15) is 0 Å². The van der Waals surface area contributed by atoms with Crippen molar-refractivity contribution in [2.24, 2.45) is 5.92 Å². The highest BCUT2D eigenvalue weighted by Gasteiger charge is 2.21. The predicted octanol–water partition coefficient (Wildman–Crippen LogP) is 4.30. The van der Waals surface area contributed by atoms with E-state index in [1.54, 1.807) is 0 Å². The van der Waals surface area contributed by atoms with Crippen LogP contribution in [0, 0.1) is 5.92 Å². The lowest BCUT2D eigenvalue weighted by molar-refractivity contribution is 0.671. The van der Waals surface area contributed by atoms with Crippen molar-refractivity contribution >= 4 is 13.3 Å². The fraction of sp³-hybridized carbons (Fsp3) is 0.375. The summed E-state index contributed by atoms with van der Waals surface area (Å²) >= 11 is 0. The third kappa shape index (κ3) is 3.71. The zero-order chi connectivity index (χ0) is 12.9. The first-order valence-electron chi connectivity index (χ1n) is 6.42. The van der Waals surface area contributed by atoms with Gasteiger partial charge < -0.3 is 0 Å². The Morgan fingerprint density at radius 3 is 2.35 bits per heavy atom. The first-order valence-corrected chi connectivity index (χ1v) is 9.49. The van der Waals surface area contributed by atoms with Crippen LogP contribution >= 0.6 is 0 Å². The summed E-state index contributed by atoms with van der Waals surface area (Å²) in [4.78, 5) is 0. The van der Waals surface area contributed by atoms with E-state index in [0.29, 0.717) is 5.92 Å². The molecule has 1 atom stereocenters. The van der Waals surface area contributed by atoms with Crippen LogP contribution in [-0.4, -0.2) is 8.07 Å². The third-order valence-corrected chi connectivity index (χ3v) is 6.34. The highest BCUT2D eigenvalue weighted by atomic mass is 28.3. The predicted molar refractivity (Wildman–Crippen MR) is 81.3 cm³/mol. The normalized spacial score (nSPS) is 14.5. The summed E-state index contributed by atoms with van der Waals surface area (Å²) in [6.07, 6.45) is 3.21. The van der Waals surface area contributed by atoms with Gasteiger partial charge in [-0.1, -0.05) is 86.4 Å². The first-order chi connectivity index (χ1) is 8.01. The number of hydrogen-bond acceptors (Lipinski definition) is 0. The summed E-state index contributed by atoms with van der Waals surface area (Å²) in [6.45, 7) is 13.3. The summed E-state index contributed by atoms with van der Waals surface area (Å²) in [5, 5.41) is 1.49. The summed E-state index contributed by atoms with van der Waals surface area (Å²) in [6, 6.07) is 10.9. The van der Waals surface area contributed by atoms with Crippen LogP contribution in [0.15, 0.2) is 54.3 Å². The molecule has 0 radical (unpaired) electrons. The van der Waals surface area contributed by atoms with Crippen molar-refractivity contribution < 1.29 is 0 Å². The Bertz CT molecular complexity index is 387. The summed E-state index contributed by atoms with van der Waals surface area (Å²) in [5.74, 6) is 0.614. The zero-order valence-electron chi connectivity index (χ0n) is 11.5.